The number of aliphatic imine (C=N–C) groups is 1. The fourth-order valence-corrected chi connectivity index (χ4v) is 3.74. The second-order valence-electron chi connectivity index (χ2n) is 8.30. The van der Waals surface area contributed by atoms with Crippen molar-refractivity contribution in [1.29, 1.82) is 5.26 Å². The molecule has 2 aromatic carbocycles. The summed E-state index contributed by atoms with van der Waals surface area (Å²) >= 11 is 0. The van der Waals surface area contributed by atoms with E-state index in [0.29, 0.717) is 30.9 Å². The molecule has 0 bridgehead atoms. The number of carbonyl (C=O) groups is 2. The Kier molecular flexibility index (Phi) is 7.79. The van der Waals surface area contributed by atoms with Crippen LogP contribution in [0.15, 0.2) is 47.5 Å². The Hall–Kier alpha value is -4.00. The smallest absolute Gasteiger partial charge is 0.321 e. The number of carbonyl (C=O) groups excluding carboxylic acids is 2. The lowest BCUT2D eigenvalue weighted by molar-refractivity contribution is 0.101. The number of ketones is 1. The number of nitrogens with zero attached hydrogens (tertiary/aromatic N) is 4. The van der Waals surface area contributed by atoms with Crippen molar-refractivity contribution < 1.29 is 18.4 Å². The van der Waals surface area contributed by atoms with Crippen LogP contribution in [0, 0.1) is 29.0 Å². The van der Waals surface area contributed by atoms with Crippen LogP contribution in [0.3, 0.4) is 0 Å². The number of amides is 2. The summed E-state index contributed by atoms with van der Waals surface area (Å²) in [4.78, 5) is 31.6. The zero-order chi connectivity index (χ0) is 24.8. The molecule has 10 heteroatoms. The molecule has 2 N–H and O–H groups in total. The first-order valence-electron chi connectivity index (χ1n) is 10.8. The molecule has 178 valence electrons. The van der Waals surface area contributed by atoms with Crippen molar-refractivity contribution in [2.45, 2.75) is 26.8 Å². The fourth-order valence-electron chi connectivity index (χ4n) is 3.74. The Morgan fingerprint density at radius 1 is 1.12 bits per heavy atom. The van der Waals surface area contributed by atoms with Gasteiger partial charge in [0.15, 0.2) is 5.78 Å². The second kappa shape index (κ2) is 10.7. The number of halogens is 2. The van der Waals surface area contributed by atoms with Crippen molar-refractivity contribution in [3.8, 4) is 6.19 Å². The van der Waals surface area contributed by atoms with Gasteiger partial charge in [0.1, 0.15) is 11.6 Å². The number of benzene rings is 2. The SMILES string of the molecule is CC(=O)c1ccc(NC(=O)N2CCN(/C(=N\C#N)Nc3cc(F)ccc3F)C(C(C)C)C2)cc1. The minimum atomic E-state index is -0.679. The average molecular weight is 469 g/mol. The summed E-state index contributed by atoms with van der Waals surface area (Å²) in [7, 11) is 0. The standard InChI is InChI=1S/C24H26F2N6O2/c1-15(2)22-13-31(24(34)29-19-7-4-17(5-8-19)16(3)33)10-11-32(22)23(28-14-27)30-21-12-18(25)6-9-20(21)26/h4-9,12,15,22H,10-11,13H2,1-3H3,(H,28,30)(H,29,34). The van der Waals surface area contributed by atoms with E-state index in [-0.39, 0.29) is 35.4 Å². The first kappa shape index (κ1) is 24.6. The summed E-state index contributed by atoms with van der Waals surface area (Å²) in [6, 6.07) is 9.08. The minimum Gasteiger partial charge on any atom is -0.335 e. The van der Waals surface area contributed by atoms with Gasteiger partial charge in [-0.1, -0.05) is 13.8 Å². The van der Waals surface area contributed by atoms with Gasteiger partial charge in [0, 0.05) is 37.0 Å². The summed E-state index contributed by atoms with van der Waals surface area (Å²) in [5, 5.41) is 14.7. The average Bonchev–Trinajstić information content (AvgIpc) is 2.81. The van der Waals surface area contributed by atoms with Crippen LogP contribution in [-0.2, 0) is 0 Å². The van der Waals surface area contributed by atoms with Crippen LogP contribution in [-0.4, -0.2) is 53.2 Å². The lowest BCUT2D eigenvalue weighted by atomic mass is 10.00. The number of guanidine groups is 1. The van der Waals surface area contributed by atoms with Crippen molar-refractivity contribution in [3.05, 3.63) is 59.7 Å². The Bertz CT molecular complexity index is 1130. The maximum absolute atomic E-state index is 14.2. The summed E-state index contributed by atoms with van der Waals surface area (Å²) in [6.07, 6.45) is 1.71. The predicted octanol–water partition coefficient (Wildman–Crippen LogP) is 4.29. The molecule has 0 saturated carbocycles. The van der Waals surface area contributed by atoms with Gasteiger partial charge in [-0.25, -0.2) is 13.6 Å². The molecule has 0 aromatic heterocycles. The molecule has 1 saturated heterocycles. The van der Waals surface area contributed by atoms with Gasteiger partial charge < -0.3 is 20.4 Å². The summed E-state index contributed by atoms with van der Waals surface area (Å²) in [5.41, 5.74) is 0.984. The molecule has 1 heterocycles. The Labute approximate surface area is 196 Å². The highest BCUT2D eigenvalue weighted by atomic mass is 19.1. The molecule has 2 aromatic rings. The predicted molar refractivity (Wildman–Crippen MR) is 125 cm³/mol. The van der Waals surface area contributed by atoms with Crippen molar-refractivity contribution in [3.63, 3.8) is 0 Å². The second-order valence-corrected chi connectivity index (χ2v) is 8.30. The lowest BCUT2D eigenvalue weighted by Gasteiger charge is -2.44. The summed E-state index contributed by atoms with van der Waals surface area (Å²) in [5.74, 6) is -1.23. The van der Waals surface area contributed by atoms with Crippen molar-refractivity contribution in [1.82, 2.24) is 9.80 Å². The molecule has 1 aliphatic heterocycles. The maximum Gasteiger partial charge on any atom is 0.321 e. The fraction of sp³-hybridized carbons (Fsp3) is 0.333. The molecule has 8 nitrogen and oxygen atoms in total. The molecule has 0 radical (unpaired) electrons. The number of nitrogens with one attached hydrogen (secondary N) is 2. The zero-order valence-electron chi connectivity index (χ0n) is 19.2. The van der Waals surface area contributed by atoms with Crippen LogP contribution in [0.1, 0.15) is 31.1 Å². The van der Waals surface area contributed by atoms with Gasteiger partial charge in [-0.15, -0.1) is 4.99 Å². The summed E-state index contributed by atoms with van der Waals surface area (Å²) in [6.45, 7) is 6.37. The molecular weight excluding hydrogens is 442 g/mol. The molecule has 34 heavy (non-hydrogen) atoms. The quantitative estimate of drug-likeness (QED) is 0.302. The van der Waals surface area contributed by atoms with Crippen LogP contribution in [0.4, 0.5) is 25.0 Å². The number of piperazine rings is 1. The minimum absolute atomic E-state index is 0.0495. The largest absolute Gasteiger partial charge is 0.335 e. The van der Waals surface area contributed by atoms with E-state index in [4.69, 9.17) is 0 Å². The van der Waals surface area contributed by atoms with Crippen molar-refractivity contribution in [2.75, 3.05) is 30.3 Å². The van der Waals surface area contributed by atoms with E-state index in [1.54, 1.807) is 40.3 Å². The van der Waals surface area contributed by atoms with E-state index in [1.807, 2.05) is 13.8 Å². The van der Waals surface area contributed by atoms with Crippen LogP contribution < -0.4 is 10.6 Å². The number of hydrogen-bond acceptors (Lipinski definition) is 4. The highest BCUT2D eigenvalue weighted by molar-refractivity contribution is 5.96. The molecule has 1 unspecified atom stereocenters. The molecule has 0 spiro atoms. The maximum atomic E-state index is 14.2. The number of urea groups is 1. The third-order valence-corrected chi connectivity index (χ3v) is 5.62. The number of nitriles is 1. The zero-order valence-corrected chi connectivity index (χ0v) is 19.2. The monoisotopic (exact) mass is 468 g/mol. The molecule has 2 amide bonds. The van der Waals surface area contributed by atoms with Crippen LogP contribution >= 0.6 is 0 Å². The topological polar surface area (TPSA) is 101 Å². The van der Waals surface area contributed by atoms with Crippen LogP contribution in [0.5, 0.6) is 0 Å². The van der Waals surface area contributed by atoms with Gasteiger partial charge in [-0.2, -0.15) is 5.26 Å². The van der Waals surface area contributed by atoms with Gasteiger partial charge in [0.2, 0.25) is 12.2 Å². The number of rotatable bonds is 4. The molecule has 1 fully saturated rings. The number of hydrogen-bond donors (Lipinski definition) is 2. The first-order chi connectivity index (χ1) is 16.2. The van der Waals surface area contributed by atoms with E-state index >= 15 is 0 Å². The molecular formula is C24H26F2N6O2. The third-order valence-electron chi connectivity index (χ3n) is 5.62. The van der Waals surface area contributed by atoms with E-state index < -0.39 is 11.6 Å². The Balaban J connectivity index is 1.74. The van der Waals surface area contributed by atoms with Crippen LogP contribution in [0.25, 0.3) is 0 Å². The normalized spacial score (nSPS) is 16.3. The highest BCUT2D eigenvalue weighted by Crippen LogP contribution is 2.22. The van der Waals surface area contributed by atoms with Gasteiger partial charge >= 0.3 is 6.03 Å². The Morgan fingerprint density at radius 2 is 1.82 bits per heavy atom. The first-order valence-corrected chi connectivity index (χ1v) is 10.8. The van der Waals surface area contributed by atoms with Gasteiger partial charge in [-0.05, 0) is 49.2 Å². The van der Waals surface area contributed by atoms with Crippen molar-refractivity contribution in [2.24, 2.45) is 10.9 Å². The molecule has 1 aliphatic rings. The van der Waals surface area contributed by atoms with E-state index in [1.165, 1.54) is 6.92 Å². The highest BCUT2D eigenvalue weighted by Gasteiger charge is 2.34. The van der Waals surface area contributed by atoms with E-state index in [0.717, 1.165) is 18.2 Å². The van der Waals surface area contributed by atoms with E-state index in [9.17, 15) is 23.6 Å². The van der Waals surface area contributed by atoms with Gasteiger partial charge in [0.25, 0.3) is 0 Å². The van der Waals surface area contributed by atoms with Gasteiger partial charge in [0.05, 0.1) is 11.7 Å². The molecule has 3 rings (SSSR count). The van der Waals surface area contributed by atoms with E-state index in [2.05, 4.69) is 15.6 Å². The van der Waals surface area contributed by atoms with Gasteiger partial charge in [-0.3, -0.25) is 4.79 Å². The number of anilines is 2. The van der Waals surface area contributed by atoms with Crippen LogP contribution in [0.2, 0.25) is 0 Å². The third kappa shape index (κ3) is 5.86. The van der Waals surface area contributed by atoms with Crippen molar-refractivity contribution >= 4 is 29.1 Å². The molecule has 0 aliphatic carbocycles. The Morgan fingerprint density at radius 3 is 2.44 bits per heavy atom. The number of Topliss-reactive ketones (excluding diaryl/α,β-unsaturated/α-hetero) is 1. The summed E-state index contributed by atoms with van der Waals surface area (Å²) < 4.78 is 27.8. The lowest BCUT2D eigenvalue weighted by Crippen LogP contribution is -2.60. The molecule has 1 atom stereocenters.